The topological polar surface area (TPSA) is 29.5 Å². The summed E-state index contributed by atoms with van der Waals surface area (Å²) in [5.74, 6) is 1.01. The number of hydrogen-bond acceptors (Lipinski definition) is 3. The van der Waals surface area contributed by atoms with E-state index in [1.54, 1.807) is 0 Å². The van der Waals surface area contributed by atoms with Gasteiger partial charge in [0.2, 0.25) is 0 Å². The van der Waals surface area contributed by atoms with Crippen LogP contribution in [0.2, 0.25) is 0 Å². The van der Waals surface area contributed by atoms with Gasteiger partial charge < -0.3 is 13.7 Å². The first-order chi connectivity index (χ1) is 28.7. The molecule has 0 aliphatic heterocycles. The molecule has 0 amide bonds. The van der Waals surface area contributed by atoms with Gasteiger partial charge in [-0.25, -0.2) is 0 Å². The second-order valence-electron chi connectivity index (χ2n) is 17.3. The van der Waals surface area contributed by atoms with Crippen LogP contribution >= 0.6 is 0 Å². The van der Waals surface area contributed by atoms with E-state index >= 15 is 0 Å². The molecule has 8 aromatic carbocycles. The molecule has 2 aliphatic carbocycles. The number of anilines is 3. The summed E-state index contributed by atoms with van der Waals surface area (Å²) in [4.78, 5) is 2.36. The number of nitrogens with zero attached hydrogens (tertiary/aromatic N) is 1. The quantitative estimate of drug-likeness (QED) is 0.175. The molecule has 0 bridgehead atoms. The lowest BCUT2D eigenvalue weighted by molar-refractivity contribution is 0.619. The smallest absolute Gasteiger partial charge is 0.139 e. The van der Waals surface area contributed by atoms with Crippen molar-refractivity contribution in [2.24, 2.45) is 0 Å². The SMILES string of the molecule is CC1(C)c2ccccc2-c2ccc(N(c3ccc(-c4ccc(-c5ccc6c(c5)C(C)(C)c5c-6oc6ccccc56)cc4)cc3)c3ccc4c(c3)oc3ccccc34)cc21. The predicted octanol–water partition coefficient (Wildman–Crippen LogP) is 15.7. The minimum absolute atomic E-state index is 0.111. The summed E-state index contributed by atoms with van der Waals surface area (Å²) in [7, 11) is 0. The van der Waals surface area contributed by atoms with Gasteiger partial charge in [0.15, 0.2) is 0 Å². The maximum Gasteiger partial charge on any atom is 0.139 e. The number of benzene rings is 8. The van der Waals surface area contributed by atoms with Crippen LogP contribution in [-0.4, -0.2) is 0 Å². The van der Waals surface area contributed by atoms with E-state index in [1.165, 1.54) is 66.6 Å². The van der Waals surface area contributed by atoms with Crippen molar-refractivity contribution in [1.82, 2.24) is 0 Å². The average Bonchev–Trinajstić information content (AvgIpc) is 3.97. The van der Waals surface area contributed by atoms with Crippen LogP contribution in [0.25, 0.3) is 77.6 Å². The number of rotatable bonds is 5. The van der Waals surface area contributed by atoms with Gasteiger partial charge >= 0.3 is 0 Å². The van der Waals surface area contributed by atoms with E-state index in [-0.39, 0.29) is 10.8 Å². The first kappa shape index (κ1) is 34.0. The molecule has 2 aromatic heterocycles. The molecule has 10 aromatic rings. The van der Waals surface area contributed by atoms with Gasteiger partial charge in [0.1, 0.15) is 22.5 Å². The normalized spacial score (nSPS) is 14.4. The van der Waals surface area contributed by atoms with E-state index in [2.05, 4.69) is 190 Å². The van der Waals surface area contributed by atoms with E-state index in [4.69, 9.17) is 8.83 Å². The molecule has 0 spiro atoms. The summed E-state index contributed by atoms with van der Waals surface area (Å²) in [6, 6.07) is 63.9. The third-order valence-corrected chi connectivity index (χ3v) is 13.3. The molecule has 3 heteroatoms. The van der Waals surface area contributed by atoms with Crippen molar-refractivity contribution in [3.8, 4) is 44.7 Å². The highest BCUT2D eigenvalue weighted by molar-refractivity contribution is 6.06. The van der Waals surface area contributed by atoms with Crippen LogP contribution < -0.4 is 4.90 Å². The molecule has 0 atom stereocenters. The van der Waals surface area contributed by atoms with Crippen LogP contribution in [0.15, 0.2) is 185 Å². The molecule has 59 heavy (non-hydrogen) atoms. The molecule has 0 unspecified atom stereocenters. The lowest BCUT2D eigenvalue weighted by atomic mass is 9.80. The third-order valence-electron chi connectivity index (χ3n) is 13.3. The van der Waals surface area contributed by atoms with Gasteiger partial charge in [0, 0.05) is 61.2 Å². The summed E-state index contributed by atoms with van der Waals surface area (Å²) < 4.78 is 12.8. The first-order valence-corrected chi connectivity index (χ1v) is 20.6. The zero-order valence-corrected chi connectivity index (χ0v) is 33.5. The van der Waals surface area contributed by atoms with Crippen LogP contribution in [0, 0.1) is 0 Å². The van der Waals surface area contributed by atoms with Crippen molar-refractivity contribution in [2.75, 3.05) is 4.90 Å². The Morgan fingerprint density at radius 1 is 0.356 bits per heavy atom. The van der Waals surface area contributed by atoms with Crippen LogP contribution in [0.1, 0.15) is 49.9 Å². The lowest BCUT2D eigenvalue weighted by Gasteiger charge is -2.28. The highest BCUT2D eigenvalue weighted by Crippen LogP contribution is 2.54. The summed E-state index contributed by atoms with van der Waals surface area (Å²) in [5, 5.41) is 3.46. The molecular weight excluding hydrogens is 719 g/mol. The Hall–Kier alpha value is -7.10. The van der Waals surface area contributed by atoms with Gasteiger partial charge in [0.05, 0.1) is 0 Å². The number of fused-ring (bicyclic) bond motifs is 11. The fourth-order valence-electron chi connectivity index (χ4n) is 10.2. The van der Waals surface area contributed by atoms with E-state index in [0.717, 1.165) is 50.3 Å². The van der Waals surface area contributed by atoms with Crippen molar-refractivity contribution in [1.29, 1.82) is 0 Å². The van der Waals surface area contributed by atoms with Crippen molar-refractivity contribution >= 4 is 50.0 Å². The minimum Gasteiger partial charge on any atom is -0.456 e. The van der Waals surface area contributed by atoms with Crippen LogP contribution in [0.3, 0.4) is 0 Å². The number of para-hydroxylation sites is 2. The predicted molar refractivity (Wildman–Crippen MR) is 244 cm³/mol. The molecule has 12 rings (SSSR count). The highest BCUT2D eigenvalue weighted by atomic mass is 16.3. The molecular formula is C56H41NO2. The van der Waals surface area contributed by atoms with Gasteiger partial charge in [0.25, 0.3) is 0 Å². The Labute approximate surface area is 343 Å². The molecule has 282 valence electrons. The molecule has 0 radical (unpaired) electrons. The second-order valence-corrected chi connectivity index (χ2v) is 17.3. The number of furan rings is 2. The van der Waals surface area contributed by atoms with E-state index < -0.39 is 0 Å². The first-order valence-electron chi connectivity index (χ1n) is 20.6. The zero-order valence-electron chi connectivity index (χ0n) is 33.5. The maximum absolute atomic E-state index is 6.42. The fourth-order valence-corrected chi connectivity index (χ4v) is 10.2. The van der Waals surface area contributed by atoms with Gasteiger partial charge in [-0.2, -0.15) is 0 Å². The molecule has 3 nitrogen and oxygen atoms in total. The van der Waals surface area contributed by atoms with E-state index in [1.807, 2.05) is 18.2 Å². The molecule has 0 saturated heterocycles. The molecule has 0 fully saturated rings. The van der Waals surface area contributed by atoms with E-state index in [0.29, 0.717) is 0 Å². The third kappa shape index (κ3) is 4.94. The van der Waals surface area contributed by atoms with Crippen LogP contribution in [0.4, 0.5) is 17.1 Å². The van der Waals surface area contributed by atoms with Crippen LogP contribution in [-0.2, 0) is 10.8 Å². The summed E-state index contributed by atoms with van der Waals surface area (Å²) in [5.41, 5.74) is 19.6. The number of hydrogen-bond donors (Lipinski definition) is 0. The Morgan fingerprint density at radius 3 is 1.66 bits per heavy atom. The molecule has 0 saturated carbocycles. The van der Waals surface area contributed by atoms with Crippen molar-refractivity contribution < 1.29 is 8.83 Å². The lowest BCUT2D eigenvalue weighted by Crippen LogP contribution is -2.16. The molecule has 0 N–H and O–H groups in total. The van der Waals surface area contributed by atoms with E-state index in [9.17, 15) is 0 Å². The summed E-state index contributed by atoms with van der Waals surface area (Å²) >= 11 is 0. The van der Waals surface area contributed by atoms with Gasteiger partial charge in [-0.05, 0) is 105 Å². The van der Waals surface area contributed by atoms with Crippen molar-refractivity contribution in [2.45, 2.75) is 38.5 Å². The summed E-state index contributed by atoms with van der Waals surface area (Å²) in [6.45, 7) is 9.32. The standard InChI is InChI=1S/C56H41NO2/c1-55(2)47-14-8-5-11-41(47)42-29-26-39(32-49(42)55)57(40-27-30-44-43-12-6-9-15-50(43)58-52(44)33-40)38-24-21-35(22-25-38)34-17-19-36(20-18-34)37-23-28-45-48(31-37)56(3,4)53-46-13-7-10-16-51(46)59-54(45)53/h5-33H,1-4H3. The largest absolute Gasteiger partial charge is 0.456 e. The van der Waals surface area contributed by atoms with Crippen molar-refractivity contribution in [3.63, 3.8) is 0 Å². The average molecular weight is 760 g/mol. The molecule has 2 aliphatic rings. The Balaban J connectivity index is 0.896. The van der Waals surface area contributed by atoms with Gasteiger partial charge in [-0.3, -0.25) is 0 Å². The zero-order chi connectivity index (χ0) is 39.6. The maximum atomic E-state index is 6.42. The van der Waals surface area contributed by atoms with Crippen LogP contribution in [0.5, 0.6) is 0 Å². The Bertz CT molecular complexity index is 3320. The fraction of sp³-hybridized carbons (Fsp3) is 0.107. The summed E-state index contributed by atoms with van der Waals surface area (Å²) in [6.07, 6.45) is 0. The second kappa shape index (κ2) is 12.2. The highest BCUT2D eigenvalue weighted by Gasteiger charge is 2.40. The Kier molecular flexibility index (Phi) is 7.03. The van der Waals surface area contributed by atoms with Gasteiger partial charge in [-0.1, -0.05) is 143 Å². The van der Waals surface area contributed by atoms with Crippen molar-refractivity contribution in [3.05, 3.63) is 198 Å². The van der Waals surface area contributed by atoms with Gasteiger partial charge in [-0.15, -0.1) is 0 Å². The Morgan fingerprint density at radius 2 is 0.881 bits per heavy atom. The minimum atomic E-state index is -0.151. The molecule has 2 heterocycles. The monoisotopic (exact) mass is 759 g/mol.